The molecule has 0 saturated heterocycles. The third kappa shape index (κ3) is 4.49. The molecule has 2 aromatic rings. The van der Waals surface area contributed by atoms with Crippen LogP contribution in [0.1, 0.15) is 16.7 Å². The van der Waals surface area contributed by atoms with E-state index >= 15 is 0 Å². The van der Waals surface area contributed by atoms with Crippen molar-refractivity contribution >= 4 is 6.21 Å². The minimum Gasteiger partial charge on any atom is -0.497 e. The molecule has 0 aromatic heterocycles. The van der Waals surface area contributed by atoms with Crippen LogP contribution < -0.4 is 14.2 Å². The Bertz CT molecular complexity index is 663. The highest BCUT2D eigenvalue weighted by Gasteiger charge is 2.08. The summed E-state index contributed by atoms with van der Waals surface area (Å²) in [6.45, 7) is 2.70. The normalized spacial score (nSPS) is 10.8. The molecule has 4 heteroatoms. The summed E-state index contributed by atoms with van der Waals surface area (Å²) >= 11 is 0. The van der Waals surface area contributed by atoms with Gasteiger partial charge in [0, 0.05) is 12.8 Å². The monoisotopic (exact) mass is 313 g/mol. The van der Waals surface area contributed by atoms with Gasteiger partial charge in [0.2, 0.25) is 0 Å². The lowest BCUT2D eigenvalue weighted by molar-refractivity contribution is 0.396. The molecule has 0 bridgehead atoms. The number of ether oxygens (including phenoxy) is 3. The third-order valence-corrected chi connectivity index (χ3v) is 3.66. The van der Waals surface area contributed by atoms with Crippen LogP contribution in [0.15, 0.2) is 41.4 Å². The number of hydrogen-bond donors (Lipinski definition) is 0. The summed E-state index contributed by atoms with van der Waals surface area (Å²) in [5, 5.41) is 0. The minimum absolute atomic E-state index is 0.689. The van der Waals surface area contributed by atoms with E-state index in [9.17, 15) is 0 Å². The summed E-state index contributed by atoms with van der Waals surface area (Å²) < 4.78 is 16.0. The third-order valence-electron chi connectivity index (χ3n) is 3.66. The van der Waals surface area contributed by atoms with Crippen LogP contribution in [0.4, 0.5) is 0 Å². The summed E-state index contributed by atoms with van der Waals surface area (Å²) in [5.41, 5.74) is 3.22. The second-order valence-electron chi connectivity index (χ2n) is 5.19. The van der Waals surface area contributed by atoms with E-state index in [2.05, 4.69) is 4.99 Å². The lowest BCUT2D eigenvalue weighted by Crippen LogP contribution is -1.98. The van der Waals surface area contributed by atoms with Gasteiger partial charge in [0.05, 0.1) is 21.3 Å². The van der Waals surface area contributed by atoms with Crippen molar-refractivity contribution in [3.05, 3.63) is 53.1 Å². The molecule has 0 unspecified atom stereocenters. The quantitative estimate of drug-likeness (QED) is 0.732. The van der Waals surface area contributed by atoms with E-state index in [0.29, 0.717) is 6.54 Å². The van der Waals surface area contributed by atoms with E-state index in [0.717, 1.165) is 40.4 Å². The van der Waals surface area contributed by atoms with E-state index in [1.165, 1.54) is 0 Å². The Labute approximate surface area is 137 Å². The highest BCUT2D eigenvalue weighted by Crippen LogP contribution is 2.28. The predicted octanol–water partition coefficient (Wildman–Crippen LogP) is 3.68. The average Bonchev–Trinajstić information content (AvgIpc) is 2.59. The maximum Gasteiger partial charge on any atom is 0.122 e. The molecule has 0 spiro atoms. The van der Waals surface area contributed by atoms with Crippen LogP contribution in [0.2, 0.25) is 0 Å². The molecule has 0 radical (unpaired) electrons. The fourth-order valence-electron chi connectivity index (χ4n) is 2.35. The second-order valence-corrected chi connectivity index (χ2v) is 5.19. The van der Waals surface area contributed by atoms with Gasteiger partial charge in [0.15, 0.2) is 0 Å². The molecule has 0 N–H and O–H groups in total. The highest BCUT2D eigenvalue weighted by atomic mass is 16.5. The van der Waals surface area contributed by atoms with Crippen LogP contribution in [0.25, 0.3) is 0 Å². The molecule has 0 saturated carbocycles. The van der Waals surface area contributed by atoms with Gasteiger partial charge in [-0.2, -0.15) is 0 Å². The van der Waals surface area contributed by atoms with Crippen LogP contribution in [-0.2, 0) is 6.42 Å². The van der Waals surface area contributed by atoms with E-state index in [1.54, 1.807) is 21.3 Å². The van der Waals surface area contributed by atoms with Crippen LogP contribution in [0, 0.1) is 6.92 Å². The van der Waals surface area contributed by atoms with Crippen molar-refractivity contribution < 1.29 is 14.2 Å². The van der Waals surface area contributed by atoms with E-state index in [1.807, 2.05) is 49.5 Å². The van der Waals surface area contributed by atoms with E-state index in [-0.39, 0.29) is 0 Å². The molecule has 4 nitrogen and oxygen atoms in total. The van der Waals surface area contributed by atoms with Gasteiger partial charge in [-0.15, -0.1) is 0 Å². The first-order valence-corrected chi connectivity index (χ1v) is 7.53. The molecule has 2 aromatic carbocycles. The number of rotatable bonds is 7. The molecule has 0 amide bonds. The van der Waals surface area contributed by atoms with Gasteiger partial charge < -0.3 is 14.2 Å². The van der Waals surface area contributed by atoms with Gasteiger partial charge >= 0.3 is 0 Å². The minimum atomic E-state index is 0.689. The lowest BCUT2D eigenvalue weighted by Gasteiger charge is -2.12. The first-order valence-electron chi connectivity index (χ1n) is 7.53. The van der Waals surface area contributed by atoms with Crippen molar-refractivity contribution in [2.75, 3.05) is 27.9 Å². The van der Waals surface area contributed by atoms with Crippen LogP contribution >= 0.6 is 0 Å². The Morgan fingerprint density at radius 1 is 0.913 bits per heavy atom. The molecule has 0 heterocycles. The molecular formula is C19H23NO3. The van der Waals surface area contributed by atoms with Crippen molar-refractivity contribution in [2.45, 2.75) is 13.3 Å². The largest absolute Gasteiger partial charge is 0.497 e. The smallest absolute Gasteiger partial charge is 0.122 e. The van der Waals surface area contributed by atoms with E-state index in [4.69, 9.17) is 14.2 Å². The standard InChI is InChI=1S/C19H23NO3/c1-14-11-19(23-4)16(12-18(14)22-3)9-10-20-13-15-5-7-17(21-2)8-6-15/h5-8,11-13H,9-10H2,1-4H3. The van der Waals surface area contributed by atoms with Gasteiger partial charge in [0.1, 0.15) is 17.2 Å². The Morgan fingerprint density at radius 2 is 1.61 bits per heavy atom. The van der Waals surface area contributed by atoms with Crippen LogP contribution in [-0.4, -0.2) is 34.1 Å². The molecule has 0 atom stereocenters. The average molecular weight is 313 g/mol. The van der Waals surface area contributed by atoms with Gasteiger partial charge in [0.25, 0.3) is 0 Å². The molecular weight excluding hydrogens is 290 g/mol. The van der Waals surface area contributed by atoms with Gasteiger partial charge in [-0.3, -0.25) is 4.99 Å². The van der Waals surface area contributed by atoms with Crippen LogP contribution in [0.3, 0.4) is 0 Å². The molecule has 2 rings (SSSR count). The van der Waals surface area contributed by atoms with Gasteiger partial charge in [-0.25, -0.2) is 0 Å². The fourth-order valence-corrected chi connectivity index (χ4v) is 2.35. The Hall–Kier alpha value is -2.49. The maximum absolute atomic E-state index is 5.45. The first kappa shape index (κ1) is 16.9. The fraction of sp³-hybridized carbons (Fsp3) is 0.316. The molecule has 0 aliphatic carbocycles. The summed E-state index contributed by atoms with van der Waals surface area (Å²) in [4.78, 5) is 4.48. The number of methoxy groups -OCH3 is 3. The summed E-state index contributed by atoms with van der Waals surface area (Å²) in [7, 11) is 5.03. The molecule has 23 heavy (non-hydrogen) atoms. The molecule has 0 aliphatic heterocycles. The zero-order valence-corrected chi connectivity index (χ0v) is 14.1. The molecule has 0 aliphatic rings. The Balaban J connectivity index is 2.01. The van der Waals surface area contributed by atoms with Gasteiger partial charge in [-0.05, 0) is 66.4 Å². The number of nitrogens with zero attached hydrogens (tertiary/aromatic N) is 1. The zero-order valence-electron chi connectivity index (χ0n) is 14.1. The van der Waals surface area contributed by atoms with Gasteiger partial charge in [-0.1, -0.05) is 0 Å². The SMILES string of the molecule is COc1ccc(C=NCCc2cc(OC)c(C)cc2OC)cc1. The molecule has 122 valence electrons. The summed E-state index contributed by atoms with van der Waals surface area (Å²) in [5.74, 6) is 2.60. The Kier molecular flexibility index (Phi) is 6.03. The van der Waals surface area contributed by atoms with Crippen molar-refractivity contribution in [1.82, 2.24) is 0 Å². The van der Waals surface area contributed by atoms with Crippen molar-refractivity contribution in [3.8, 4) is 17.2 Å². The number of benzene rings is 2. The maximum atomic E-state index is 5.45. The lowest BCUT2D eigenvalue weighted by atomic mass is 10.1. The van der Waals surface area contributed by atoms with Crippen molar-refractivity contribution in [2.24, 2.45) is 4.99 Å². The Morgan fingerprint density at radius 3 is 2.22 bits per heavy atom. The first-order chi connectivity index (χ1) is 11.2. The topological polar surface area (TPSA) is 40.0 Å². The second kappa shape index (κ2) is 8.22. The number of aliphatic imine (C=N–C) groups is 1. The predicted molar refractivity (Wildman–Crippen MR) is 93.4 cm³/mol. The number of aryl methyl sites for hydroxylation is 1. The highest BCUT2D eigenvalue weighted by molar-refractivity contribution is 5.79. The van der Waals surface area contributed by atoms with Crippen molar-refractivity contribution in [3.63, 3.8) is 0 Å². The molecule has 0 fully saturated rings. The van der Waals surface area contributed by atoms with E-state index < -0.39 is 0 Å². The van der Waals surface area contributed by atoms with Crippen molar-refractivity contribution in [1.29, 1.82) is 0 Å². The number of hydrogen-bond acceptors (Lipinski definition) is 4. The summed E-state index contributed by atoms with van der Waals surface area (Å²) in [6, 6.07) is 11.8. The zero-order chi connectivity index (χ0) is 16.7. The van der Waals surface area contributed by atoms with Crippen LogP contribution in [0.5, 0.6) is 17.2 Å². The summed E-state index contributed by atoms with van der Waals surface area (Å²) in [6.07, 6.45) is 2.67.